The standard InChI is InChI=1S/C9H6F4N4/c10-6-2-1-4(3-5(6)9(11,12)13)7-15-8(14)17-16-7/h1-3H,(H3,14,15,16,17). The molecule has 17 heavy (non-hydrogen) atoms. The second kappa shape index (κ2) is 3.72. The molecule has 90 valence electrons. The summed E-state index contributed by atoms with van der Waals surface area (Å²) in [5.74, 6) is -1.39. The Morgan fingerprint density at radius 1 is 1.24 bits per heavy atom. The van der Waals surface area contributed by atoms with Crippen LogP contribution in [0.1, 0.15) is 5.56 Å². The Balaban J connectivity index is 2.51. The van der Waals surface area contributed by atoms with Gasteiger partial charge in [0.15, 0.2) is 5.82 Å². The van der Waals surface area contributed by atoms with Crippen molar-refractivity contribution in [2.24, 2.45) is 0 Å². The number of aromatic nitrogens is 3. The summed E-state index contributed by atoms with van der Waals surface area (Å²) in [6, 6.07) is 2.52. The molecular formula is C9H6F4N4. The fourth-order valence-corrected chi connectivity index (χ4v) is 1.29. The molecule has 0 aliphatic carbocycles. The number of nitrogens with zero attached hydrogens (tertiary/aromatic N) is 2. The largest absolute Gasteiger partial charge is 0.419 e. The Bertz CT molecular complexity index is 546. The molecule has 0 aliphatic rings. The molecule has 4 nitrogen and oxygen atoms in total. The first-order valence-electron chi connectivity index (χ1n) is 4.43. The van der Waals surface area contributed by atoms with Crippen molar-refractivity contribution < 1.29 is 17.6 Å². The third-order valence-corrected chi connectivity index (χ3v) is 2.05. The first-order chi connectivity index (χ1) is 7.88. The van der Waals surface area contributed by atoms with E-state index in [0.717, 1.165) is 12.1 Å². The maximum Gasteiger partial charge on any atom is 0.419 e. The zero-order valence-corrected chi connectivity index (χ0v) is 8.22. The number of nitrogens with one attached hydrogen (secondary N) is 1. The lowest BCUT2D eigenvalue weighted by Gasteiger charge is -2.08. The molecule has 0 fully saturated rings. The van der Waals surface area contributed by atoms with Gasteiger partial charge in [0.2, 0.25) is 5.95 Å². The molecule has 0 unspecified atom stereocenters. The summed E-state index contributed by atoms with van der Waals surface area (Å²) in [5.41, 5.74) is 3.92. The van der Waals surface area contributed by atoms with Crippen LogP contribution in [0.25, 0.3) is 11.4 Å². The van der Waals surface area contributed by atoms with Gasteiger partial charge in [0.05, 0.1) is 5.56 Å². The minimum atomic E-state index is -4.76. The van der Waals surface area contributed by atoms with Crippen molar-refractivity contribution in [3.63, 3.8) is 0 Å². The summed E-state index contributed by atoms with van der Waals surface area (Å²) in [6.07, 6.45) is -4.76. The van der Waals surface area contributed by atoms with E-state index in [1.165, 1.54) is 0 Å². The maximum absolute atomic E-state index is 13.0. The summed E-state index contributed by atoms with van der Waals surface area (Å²) in [5, 5.41) is 5.82. The SMILES string of the molecule is Nc1n[nH]c(-c2ccc(F)c(C(F)(F)F)c2)n1. The van der Waals surface area contributed by atoms with Gasteiger partial charge in [-0.05, 0) is 18.2 Å². The summed E-state index contributed by atoms with van der Waals surface area (Å²) in [7, 11) is 0. The van der Waals surface area contributed by atoms with Crippen LogP contribution in [0.3, 0.4) is 0 Å². The average Bonchev–Trinajstić information content (AvgIpc) is 2.64. The van der Waals surface area contributed by atoms with Gasteiger partial charge in [-0.25, -0.2) is 4.39 Å². The number of halogens is 4. The molecule has 1 aromatic carbocycles. The van der Waals surface area contributed by atoms with Crippen molar-refractivity contribution in [3.05, 3.63) is 29.6 Å². The van der Waals surface area contributed by atoms with Gasteiger partial charge in [-0.1, -0.05) is 0 Å². The van der Waals surface area contributed by atoms with Gasteiger partial charge in [0, 0.05) is 5.56 Å². The quantitative estimate of drug-likeness (QED) is 0.758. The molecule has 2 aromatic rings. The topological polar surface area (TPSA) is 67.6 Å². The van der Waals surface area contributed by atoms with E-state index in [0.29, 0.717) is 6.07 Å². The number of H-pyrrole nitrogens is 1. The molecule has 0 amide bonds. The smallest absolute Gasteiger partial charge is 0.366 e. The molecular weight excluding hydrogens is 240 g/mol. The van der Waals surface area contributed by atoms with Gasteiger partial charge in [-0.2, -0.15) is 18.2 Å². The second-order valence-electron chi connectivity index (χ2n) is 3.23. The monoisotopic (exact) mass is 246 g/mol. The molecule has 0 bridgehead atoms. The molecule has 2 rings (SSSR count). The van der Waals surface area contributed by atoms with Gasteiger partial charge in [0.1, 0.15) is 5.82 Å². The number of anilines is 1. The number of benzene rings is 1. The predicted octanol–water partition coefficient (Wildman–Crippen LogP) is 2.21. The van der Waals surface area contributed by atoms with E-state index in [2.05, 4.69) is 15.2 Å². The van der Waals surface area contributed by atoms with Crippen molar-refractivity contribution in [1.82, 2.24) is 15.2 Å². The first-order valence-corrected chi connectivity index (χ1v) is 4.43. The Kier molecular flexibility index (Phi) is 2.49. The van der Waals surface area contributed by atoms with Gasteiger partial charge in [-0.15, -0.1) is 5.10 Å². The number of hydrogen-bond donors (Lipinski definition) is 2. The van der Waals surface area contributed by atoms with Crippen LogP contribution in [0.15, 0.2) is 18.2 Å². The number of aromatic amines is 1. The third kappa shape index (κ3) is 2.19. The molecule has 1 heterocycles. The number of nitrogen functional groups attached to an aromatic ring is 1. The van der Waals surface area contributed by atoms with Gasteiger partial charge in [0.25, 0.3) is 0 Å². The van der Waals surface area contributed by atoms with Crippen LogP contribution < -0.4 is 5.73 Å². The fraction of sp³-hybridized carbons (Fsp3) is 0.111. The molecule has 0 aliphatic heterocycles. The highest BCUT2D eigenvalue weighted by Gasteiger charge is 2.34. The molecule has 0 saturated carbocycles. The zero-order valence-electron chi connectivity index (χ0n) is 8.22. The van der Waals surface area contributed by atoms with Crippen LogP contribution >= 0.6 is 0 Å². The van der Waals surface area contributed by atoms with Gasteiger partial charge in [-0.3, -0.25) is 5.10 Å². The van der Waals surface area contributed by atoms with E-state index in [4.69, 9.17) is 5.73 Å². The van der Waals surface area contributed by atoms with Crippen LogP contribution in [0.4, 0.5) is 23.5 Å². The van der Waals surface area contributed by atoms with Crippen molar-refractivity contribution in [3.8, 4) is 11.4 Å². The minimum absolute atomic E-state index is 0.0491. The van der Waals surface area contributed by atoms with Crippen LogP contribution in [0, 0.1) is 5.82 Å². The van der Waals surface area contributed by atoms with E-state index < -0.39 is 17.6 Å². The van der Waals surface area contributed by atoms with E-state index >= 15 is 0 Å². The molecule has 0 saturated heterocycles. The molecule has 8 heteroatoms. The molecule has 0 radical (unpaired) electrons. The molecule has 0 spiro atoms. The van der Waals surface area contributed by atoms with E-state index in [-0.39, 0.29) is 17.3 Å². The highest BCUT2D eigenvalue weighted by molar-refractivity contribution is 5.57. The Labute approximate surface area is 92.5 Å². The van der Waals surface area contributed by atoms with Crippen molar-refractivity contribution in [2.45, 2.75) is 6.18 Å². The van der Waals surface area contributed by atoms with E-state index in [1.807, 2.05) is 0 Å². The predicted molar refractivity (Wildman–Crippen MR) is 51.2 cm³/mol. The Morgan fingerprint density at radius 3 is 2.47 bits per heavy atom. The zero-order chi connectivity index (χ0) is 12.6. The highest BCUT2D eigenvalue weighted by atomic mass is 19.4. The van der Waals surface area contributed by atoms with Crippen LogP contribution in [0.5, 0.6) is 0 Å². The van der Waals surface area contributed by atoms with Crippen molar-refractivity contribution in [2.75, 3.05) is 5.73 Å². The van der Waals surface area contributed by atoms with E-state index in [9.17, 15) is 17.6 Å². The number of hydrogen-bond acceptors (Lipinski definition) is 3. The summed E-state index contributed by atoms with van der Waals surface area (Å²) >= 11 is 0. The number of rotatable bonds is 1. The van der Waals surface area contributed by atoms with Crippen LogP contribution in [-0.2, 0) is 6.18 Å². The molecule has 3 N–H and O–H groups in total. The van der Waals surface area contributed by atoms with Crippen LogP contribution in [0.2, 0.25) is 0 Å². The molecule has 0 atom stereocenters. The normalized spacial score (nSPS) is 11.8. The summed E-state index contributed by atoms with van der Waals surface area (Å²) in [6.45, 7) is 0. The number of alkyl halides is 3. The fourth-order valence-electron chi connectivity index (χ4n) is 1.29. The summed E-state index contributed by atoms with van der Waals surface area (Å²) < 4.78 is 50.3. The van der Waals surface area contributed by atoms with Crippen LogP contribution in [-0.4, -0.2) is 15.2 Å². The number of nitrogens with two attached hydrogens (primary N) is 1. The maximum atomic E-state index is 13.0. The lowest BCUT2D eigenvalue weighted by atomic mass is 10.1. The Morgan fingerprint density at radius 2 is 1.94 bits per heavy atom. The van der Waals surface area contributed by atoms with Crippen molar-refractivity contribution in [1.29, 1.82) is 0 Å². The van der Waals surface area contributed by atoms with Gasteiger partial charge >= 0.3 is 6.18 Å². The van der Waals surface area contributed by atoms with Gasteiger partial charge < -0.3 is 5.73 Å². The molecule has 1 aromatic heterocycles. The van der Waals surface area contributed by atoms with E-state index in [1.54, 1.807) is 0 Å². The third-order valence-electron chi connectivity index (χ3n) is 2.05. The average molecular weight is 246 g/mol. The lowest BCUT2D eigenvalue weighted by molar-refractivity contribution is -0.139. The highest BCUT2D eigenvalue weighted by Crippen LogP contribution is 2.33. The minimum Gasteiger partial charge on any atom is -0.366 e. The van der Waals surface area contributed by atoms with Crippen molar-refractivity contribution >= 4 is 5.95 Å². The lowest BCUT2D eigenvalue weighted by Crippen LogP contribution is -2.08. The Hall–Kier alpha value is -2.12. The summed E-state index contributed by atoms with van der Waals surface area (Å²) in [4.78, 5) is 3.66. The second-order valence-corrected chi connectivity index (χ2v) is 3.23. The first kappa shape index (κ1) is 11.4.